The zero-order valence-corrected chi connectivity index (χ0v) is 13.4. The van der Waals surface area contributed by atoms with Crippen molar-refractivity contribution in [3.63, 3.8) is 0 Å². The number of nitrogens with zero attached hydrogens (tertiary/aromatic N) is 2. The summed E-state index contributed by atoms with van der Waals surface area (Å²) in [6.07, 6.45) is 3.08. The number of amides is 1. The molecule has 1 atom stereocenters. The summed E-state index contributed by atoms with van der Waals surface area (Å²) in [4.78, 5) is 18.6. The van der Waals surface area contributed by atoms with E-state index < -0.39 is 9.84 Å². The maximum atomic E-state index is 12.5. The van der Waals surface area contributed by atoms with E-state index in [4.69, 9.17) is 0 Å². The van der Waals surface area contributed by atoms with Gasteiger partial charge in [0.05, 0.1) is 10.6 Å². The minimum atomic E-state index is -3.41. The number of pyridine rings is 1. The Bertz CT molecular complexity index is 776. The van der Waals surface area contributed by atoms with E-state index >= 15 is 0 Å². The first-order valence-corrected chi connectivity index (χ1v) is 9.23. The van der Waals surface area contributed by atoms with Gasteiger partial charge in [-0.3, -0.25) is 9.78 Å². The number of carbonyl (C=O) groups excluding carboxylic acids is 1. The van der Waals surface area contributed by atoms with Crippen LogP contribution in [0.3, 0.4) is 0 Å². The van der Waals surface area contributed by atoms with Gasteiger partial charge in [0, 0.05) is 18.8 Å². The first-order chi connectivity index (χ1) is 11.1. The Hall–Kier alpha value is -2.21. The summed E-state index contributed by atoms with van der Waals surface area (Å²) in [5, 5.41) is 0. The lowest BCUT2D eigenvalue weighted by Gasteiger charge is -2.24. The summed E-state index contributed by atoms with van der Waals surface area (Å²) < 4.78 is 25.1. The normalized spacial score (nSPS) is 18.1. The Morgan fingerprint density at radius 1 is 1.13 bits per heavy atom. The average Bonchev–Trinajstić information content (AvgIpc) is 3.03. The third kappa shape index (κ3) is 3.42. The molecule has 0 bridgehead atoms. The standard InChI is InChI=1S/C17H18N2O3S/c20-17(16-10-4-5-11-18-16)19-12-6-7-14(19)13-23(21,22)15-8-2-1-3-9-15/h1-5,8-11,14H,6-7,12-13H2/t14-/m1/s1. The zero-order valence-electron chi connectivity index (χ0n) is 12.6. The lowest BCUT2D eigenvalue weighted by atomic mass is 10.2. The van der Waals surface area contributed by atoms with E-state index in [-0.39, 0.29) is 17.7 Å². The molecule has 1 aromatic heterocycles. The van der Waals surface area contributed by atoms with Crippen LogP contribution in [-0.4, -0.2) is 42.5 Å². The molecule has 2 heterocycles. The smallest absolute Gasteiger partial charge is 0.272 e. The highest BCUT2D eigenvalue weighted by molar-refractivity contribution is 7.91. The van der Waals surface area contributed by atoms with Gasteiger partial charge in [-0.15, -0.1) is 0 Å². The predicted octanol–water partition coefficient (Wildman–Crippen LogP) is 2.16. The molecule has 0 aliphatic carbocycles. The molecule has 0 saturated carbocycles. The van der Waals surface area contributed by atoms with E-state index in [1.807, 2.05) is 0 Å². The first-order valence-electron chi connectivity index (χ1n) is 7.58. The first kappa shape index (κ1) is 15.7. The van der Waals surface area contributed by atoms with Gasteiger partial charge in [-0.25, -0.2) is 8.42 Å². The molecule has 120 valence electrons. The summed E-state index contributed by atoms with van der Waals surface area (Å²) in [6.45, 7) is 0.574. The molecule has 1 amide bonds. The molecule has 3 rings (SSSR count). The van der Waals surface area contributed by atoms with Crippen molar-refractivity contribution in [2.24, 2.45) is 0 Å². The second-order valence-electron chi connectivity index (χ2n) is 5.60. The van der Waals surface area contributed by atoms with Crippen molar-refractivity contribution in [2.45, 2.75) is 23.8 Å². The maximum Gasteiger partial charge on any atom is 0.272 e. The molecule has 5 nitrogen and oxygen atoms in total. The van der Waals surface area contributed by atoms with Gasteiger partial charge in [0.2, 0.25) is 0 Å². The number of hydrogen-bond acceptors (Lipinski definition) is 4. The molecular formula is C17H18N2O3S. The van der Waals surface area contributed by atoms with E-state index in [1.54, 1.807) is 59.6 Å². The van der Waals surface area contributed by atoms with E-state index in [2.05, 4.69) is 4.98 Å². The van der Waals surface area contributed by atoms with Crippen LogP contribution in [-0.2, 0) is 9.84 Å². The van der Waals surface area contributed by atoms with Gasteiger partial charge in [-0.05, 0) is 37.1 Å². The molecule has 0 radical (unpaired) electrons. The number of hydrogen-bond donors (Lipinski definition) is 0. The number of aromatic nitrogens is 1. The molecule has 0 N–H and O–H groups in total. The summed E-state index contributed by atoms with van der Waals surface area (Å²) in [5.74, 6) is -0.244. The minimum absolute atomic E-state index is 0.0460. The fraction of sp³-hybridized carbons (Fsp3) is 0.294. The maximum absolute atomic E-state index is 12.5. The fourth-order valence-corrected chi connectivity index (χ4v) is 4.51. The average molecular weight is 330 g/mol. The molecule has 23 heavy (non-hydrogen) atoms. The quantitative estimate of drug-likeness (QED) is 0.861. The SMILES string of the molecule is O=C(c1ccccn1)N1CCC[C@@H]1CS(=O)(=O)c1ccccc1. The van der Waals surface area contributed by atoms with Gasteiger partial charge in [-0.2, -0.15) is 0 Å². The van der Waals surface area contributed by atoms with Crippen LogP contribution < -0.4 is 0 Å². The van der Waals surface area contributed by atoms with Crippen molar-refractivity contribution in [2.75, 3.05) is 12.3 Å². The minimum Gasteiger partial charge on any atom is -0.333 e. The van der Waals surface area contributed by atoms with Crippen LogP contribution in [0.5, 0.6) is 0 Å². The number of likely N-dealkylation sites (tertiary alicyclic amines) is 1. The molecule has 1 aromatic carbocycles. The molecule has 1 aliphatic rings. The van der Waals surface area contributed by atoms with E-state index in [9.17, 15) is 13.2 Å². The Kier molecular flexibility index (Phi) is 4.43. The van der Waals surface area contributed by atoms with Crippen molar-refractivity contribution < 1.29 is 13.2 Å². The van der Waals surface area contributed by atoms with Crippen LogP contribution in [0, 0.1) is 0 Å². The van der Waals surface area contributed by atoms with Crippen LogP contribution in [0.2, 0.25) is 0 Å². The molecule has 1 aliphatic heterocycles. The topological polar surface area (TPSA) is 67.3 Å². The summed E-state index contributed by atoms with van der Waals surface area (Å²) in [7, 11) is -3.41. The molecule has 0 spiro atoms. The lowest BCUT2D eigenvalue weighted by molar-refractivity contribution is 0.0743. The van der Waals surface area contributed by atoms with Gasteiger partial charge in [0.25, 0.3) is 5.91 Å². The molecular weight excluding hydrogens is 312 g/mol. The Labute approximate surface area is 135 Å². The highest BCUT2D eigenvalue weighted by atomic mass is 32.2. The van der Waals surface area contributed by atoms with Crippen molar-refractivity contribution in [3.05, 3.63) is 60.4 Å². The molecule has 1 fully saturated rings. The van der Waals surface area contributed by atoms with Gasteiger partial charge in [0.1, 0.15) is 5.69 Å². The van der Waals surface area contributed by atoms with Crippen LogP contribution in [0.15, 0.2) is 59.6 Å². The zero-order chi connectivity index (χ0) is 16.3. The number of carbonyl (C=O) groups is 1. The molecule has 6 heteroatoms. The van der Waals surface area contributed by atoms with Crippen molar-refractivity contribution in [3.8, 4) is 0 Å². The Morgan fingerprint density at radius 3 is 2.57 bits per heavy atom. The number of benzene rings is 1. The van der Waals surface area contributed by atoms with Crippen LogP contribution >= 0.6 is 0 Å². The van der Waals surface area contributed by atoms with E-state index in [0.29, 0.717) is 23.6 Å². The van der Waals surface area contributed by atoms with Crippen molar-refractivity contribution >= 4 is 15.7 Å². The highest BCUT2D eigenvalue weighted by Crippen LogP contribution is 2.23. The number of rotatable bonds is 4. The summed E-state index contributed by atoms with van der Waals surface area (Å²) in [5.41, 5.74) is 0.358. The predicted molar refractivity (Wildman–Crippen MR) is 86.8 cm³/mol. The lowest BCUT2D eigenvalue weighted by Crippen LogP contribution is -2.40. The van der Waals surface area contributed by atoms with E-state index in [0.717, 1.165) is 6.42 Å². The highest BCUT2D eigenvalue weighted by Gasteiger charge is 2.33. The van der Waals surface area contributed by atoms with Gasteiger partial charge >= 0.3 is 0 Å². The van der Waals surface area contributed by atoms with Gasteiger partial charge in [-0.1, -0.05) is 24.3 Å². The largest absolute Gasteiger partial charge is 0.333 e. The Balaban J connectivity index is 1.79. The fourth-order valence-electron chi connectivity index (χ4n) is 2.89. The van der Waals surface area contributed by atoms with Gasteiger partial charge < -0.3 is 4.90 Å². The summed E-state index contributed by atoms with van der Waals surface area (Å²) >= 11 is 0. The van der Waals surface area contributed by atoms with E-state index in [1.165, 1.54) is 0 Å². The van der Waals surface area contributed by atoms with Crippen LogP contribution in [0.4, 0.5) is 0 Å². The monoisotopic (exact) mass is 330 g/mol. The third-order valence-corrected chi connectivity index (χ3v) is 5.85. The molecule has 2 aromatic rings. The molecule has 1 saturated heterocycles. The Morgan fingerprint density at radius 2 is 1.87 bits per heavy atom. The van der Waals surface area contributed by atoms with Crippen LogP contribution in [0.1, 0.15) is 23.3 Å². The summed E-state index contributed by atoms with van der Waals surface area (Å²) in [6, 6.07) is 13.2. The van der Waals surface area contributed by atoms with Crippen LogP contribution in [0.25, 0.3) is 0 Å². The van der Waals surface area contributed by atoms with Gasteiger partial charge in [0.15, 0.2) is 9.84 Å². The second-order valence-corrected chi connectivity index (χ2v) is 7.64. The second kappa shape index (κ2) is 6.50. The van der Waals surface area contributed by atoms with Crippen molar-refractivity contribution in [1.82, 2.24) is 9.88 Å². The molecule has 0 unspecified atom stereocenters. The van der Waals surface area contributed by atoms with Crippen molar-refractivity contribution in [1.29, 1.82) is 0 Å². The third-order valence-electron chi connectivity index (χ3n) is 4.04. The number of sulfone groups is 1.